The number of nitrogens with one attached hydrogen (secondary N) is 1. The van der Waals surface area contributed by atoms with Crippen LogP contribution in [0.2, 0.25) is 0 Å². The first-order valence-electron chi connectivity index (χ1n) is 6.67. The van der Waals surface area contributed by atoms with Crippen molar-refractivity contribution in [2.45, 2.75) is 26.3 Å². The molecule has 102 valence electrons. The molecule has 0 aliphatic rings. The molecular weight excluding hydrogens is 240 g/mol. The molecule has 0 spiro atoms. The van der Waals surface area contributed by atoms with E-state index in [1.165, 1.54) is 23.4 Å². The highest BCUT2D eigenvalue weighted by atomic mass is 32.2. The van der Waals surface area contributed by atoms with E-state index in [0.717, 1.165) is 13.1 Å². The molecule has 0 saturated carbocycles. The molecule has 0 bridgehead atoms. The SMILES string of the molecule is CCC(CSC)N(C)CCNc1ccccc1C. The lowest BCUT2D eigenvalue weighted by molar-refractivity contribution is 0.265. The van der Waals surface area contributed by atoms with Crippen molar-refractivity contribution in [3.8, 4) is 0 Å². The van der Waals surface area contributed by atoms with Gasteiger partial charge in [0.1, 0.15) is 0 Å². The Kier molecular flexibility index (Phi) is 7.21. The van der Waals surface area contributed by atoms with Crippen molar-refractivity contribution in [3.05, 3.63) is 29.8 Å². The topological polar surface area (TPSA) is 15.3 Å². The van der Waals surface area contributed by atoms with Crippen molar-refractivity contribution < 1.29 is 0 Å². The van der Waals surface area contributed by atoms with Crippen LogP contribution in [0.3, 0.4) is 0 Å². The number of aryl methyl sites for hydroxylation is 1. The molecule has 0 aliphatic heterocycles. The molecule has 0 aliphatic carbocycles. The molecule has 0 aromatic heterocycles. The average molecular weight is 266 g/mol. The highest BCUT2D eigenvalue weighted by Gasteiger charge is 2.11. The normalized spacial score (nSPS) is 12.7. The minimum atomic E-state index is 0.693. The summed E-state index contributed by atoms with van der Waals surface area (Å²) in [7, 11) is 2.23. The first kappa shape index (κ1) is 15.4. The summed E-state index contributed by atoms with van der Waals surface area (Å²) in [6.07, 6.45) is 3.41. The van der Waals surface area contributed by atoms with Crippen molar-refractivity contribution in [3.63, 3.8) is 0 Å². The zero-order valence-corrected chi connectivity index (χ0v) is 12.9. The second-order valence-corrected chi connectivity index (χ2v) is 5.65. The fourth-order valence-electron chi connectivity index (χ4n) is 2.07. The van der Waals surface area contributed by atoms with Crippen molar-refractivity contribution in [1.82, 2.24) is 4.90 Å². The van der Waals surface area contributed by atoms with E-state index in [1.54, 1.807) is 0 Å². The predicted molar refractivity (Wildman–Crippen MR) is 84.8 cm³/mol. The quantitative estimate of drug-likeness (QED) is 0.775. The zero-order valence-electron chi connectivity index (χ0n) is 12.1. The van der Waals surface area contributed by atoms with Gasteiger partial charge in [-0.2, -0.15) is 11.8 Å². The smallest absolute Gasteiger partial charge is 0.0370 e. The standard InChI is InChI=1S/C15H26N2S/c1-5-14(12-18-4)17(3)11-10-16-15-9-7-6-8-13(15)2/h6-9,14,16H,5,10-12H2,1-4H3. The van der Waals surface area contributed by atoms with E-state index in [2.05, 4.69) is 61.6 Å². The lowest BCUT2D eigenvalue weighted by Crippen LogP contribution is -2.36. The van der Waals surface area contributed by atoms with E-state index in [9.17, 15) is 0 Å². The molecule has 1 aromatic carbocycles. The molecule has 0 saturated heterocycles. The maximum absolute atomic E-state index is 3.52. The monoisotopic (exact) mass is 266 g/mol. The van der Waals surface area contributed by atoms with Gasteiger partial charge < -0.3 is 10.2 Å². The van der Waals surface area contributed by atoms with Crippen LogP contribution in [0.5, 0.6) is 0 Å². The Morgan fingerprint density at radius 1 is 1.33 bits per heavy atom. The summed E-state index contributed by atoms with van der Waals surface area (Å²) in [6.45, 7) is 6.51. The van der Waals surface area contributed by atoms with Crippen LogP contribution in [0.4, 0.5) is 5.69 Å². The van der Waals surface area contributed by atoms with Crippen LogP contribution >= 0.6 is 11.8 Å². The number of hydrogen-bond acceptors (Lipinski definition) is 3. The molecule has 0 amide bonds. The van der Waals surface area contributed by atoms with E-state index >= 15 is 0 Å². The fraction of sp³-hybridized carbons (Fsp3) is 0.600. The minimum Gasteiger partial charge on any atom is -0.384 e. The average Bonchev–Trinajstić information content (AvgIpc) is 2.38. The molecule has 0 radical (unpaired) electrons. The minimum absolute atomic E-state index is 0.693. The van der Waals surface area contributed by atoms with Gasteiger partial charge in [-0.05, 0) is 38.3 Å². The highest BCUT2D eigenvalue weighted by Crippen LogP contribution is 2.13. The molecular formula is C15H26N2S. The molecule has 2 nitrogen and oxygen atoms in total. The van der Waals surface area contributed by atoms with Gasteiger partial charge in [0.05, 0.1) is 0 Å². The Balaban J connectivity index is 2.35. The first-order valence-corrected chi connectivity index (χ1v) is 8.07. The van der Waals surface area contributed by atoms with Crippen LogP contribution in [-0.2, 0) is 0 Å². The largest absolute Gasteiger partial charge is 0.384 e. The lowest BCUT2D eigenvalue weighted by atomic mass is 10.2. The second kappa shape index (κ2) is 8.44. The summed E-state index contributed by atoms with van der Waals surface area (Å²) >= 11 is 1.93. The third-order valence-corrected chi connectivity index (χ3v) is 4.10. The van der Waals surface area contributed by atoms with Crippen molar-refractivity contribution >= 4 is 17.4 Å². The van der Waals surface area contributed by atoms with Crippen molar-refractivity contribution in [1.29, 1.82) is 0 Å². The number of benzene rings is 1. The molecule has 3 heteroatoms. The van der Waals surface area contributed by atoms with Gasteiger partial charge in [-0.25, -0.2) is 0 Å². The number of anilines is 1. The number of hydrogen-bond donors (Lipinski definition) is 1. The molecule has 0 fully saturated rings. The Morgan fingerprint density at radius 3 is 2.67 bits per heavy atom. The van der Waals surface area contributed by atoms with Gasteiger partial charge in [0.15, 0.2) is 0 Å². The molecule has 1 N–H and O–H groups in total. The summed E-state index contributed by atoms with van der Waals surface area (Å²) in [5.41, 5.74) is 2.57. The summed E-state index contributed by atoms with van der Waals surface area (Å²) in [4.78, 5) is 2.46. The van der Waals surface area contributed by atoms with Crippen LogP contribution in [0.1, 0.15) is 18.9 Å². The van der Waals surface area contributed by atoms with Crippen LogP contribution in [0, 0.1) is 6.92 Å². The van der Waals surface area contributed by atoms with Crippen LogP contribution in [0.15, 0.2) is 24.3 Å². The summed E-state index contributed by atoms with van der Waals surface area (Å²) in [5.74, 6) is 1.22. The number of rotatable bonds is 8. The maximum atomic E-state index is 3.52. The highest BCUT2D eigenvalue weighted by molar-refractivity contribution is 7.98. The Hall–Kier alpha value is -0.670. The molecule has 1 rings (SSSR count). The van der Waals surface area contributed by atoms with Gasteiger partial charge >= 0.3 is 0 Å². The molecule has 1 atom stereocenters. The summed E-state index contributed by atoms with van der Waals surface area (Å²) in [5, 5.41) is 3.52. The number of thioether (sulfide) groups is 1. The van der Waals surface area contributed by atoms with Crippen LogP contribution < -0.4 is 5.32 Å². The first-order chi connectivity index (χ1) is 8.69. The van der Waals surface area contributed by atoms with Gasteiger partial charge in [-0.15, -0.1) is 0 Å². The molecule has 1 unspecified atom stereocenters. The lowest BCUT2D eigenvalue weighted by Gasteiger charge is -2.26. The van der Waals surface area contributed by atoms with Crippen LogP contribution in [0.25, 0.3) is 0 Å². The number of para-hydroxylation sites is 1. The number of nitrogens with zero attached hydrogens (tertiary/aromatic N) is 1. The Morgan fingerprint density at radius 2 is 2.06 bits per heavy atom. The zero-order chi connectivity index (χ0) is 13.4. The maximum Gasteiger partial charge on any atom is 0.0370 e. The van der Waals surface area contributed by atoms with E-state index in [-0.39, 0.29) is 0 Å². The number of likely N-dealkylation sites (N-methyl/N-ethyl adjacent to an activating group) is 1. The van der Waals surface area contributed by atoms with Crippen LogP contribution in [-0.4, -0.2) is 43.1 Å². The van der Waals surface area contributed by atoms with Gasteiger partial charge in [0, 0.05) is 30.6 Å². The summed E-state index contributed by atoms with van der Waals surface area (Å²) < 4.78 is 0. The van der Waals surface area contributed by atoms with Gasteiger partial charge in [0.25, 0.3) is 0 Å². The molecule has 0 heterocycles. The summed E-state index contributed by atoms with van der Waals surface area (Å²) in [6, 6.07) is 9.15. The van der Waals surface area contributed by atoms with E-state index in [0.29, 0.717) is 6.04 Å². The van der Waals surface area contributed by atoms with E-state index in [4.69, 9.17) is 0 Å². The Labute approximate surface area is 116 Å². The van der Waals surface area contributed by atoms with Gasteiger partial charge in [0.2, 0.25) is 0 Å². The third-order valence-electron chi connectivity index (χ3n) is 3.38. The van der Waals surface area contributed by atoms with Gasteiger partial charge in [-0.3, -0.25) is 0 Å². The van der Waals surface area contributed by atoms with E-state index in [1.807, 2.05) is 11.8 Å². The predicted octanol–water partition coefficient (Wildman–Crippen LogP) is 3.48. The molecule has 1 aromatic rings. The molecule has 18 heavy (non-hydrogen) atoms. The van der Waals surface area contributed by atoms with Crippen molar-refractivity contribution in [2.75, 3.05) is 37.5 Å². The Bertz CT molecular complexity index is 341. The second-order valence-electron chi connectivity index (χ2n) is 4.74. The van der Waals surface area contributed by atoms with Gasteiger partial charge in [-0.1, -0.05) is 25.1 Å². The third kappa shape index (κ3) is 4.91. The van der Waals surface area contributed by atoms with E-state index < -0.39 is 0 Å². The van der Waals surface area contributed by atoms with Crippen molar-refractivity contribution in [2.24, 2.45) is 0 Å². The fourth-order valence-corrected chi connectivity index (χ4v) is 2.94.